The summed E-state index contributed by atoms with van der Waals surface area (Å²) in [4.78, 5) is 10.9. The molecule has 0 radical (unpaired) electrons. The number of unbranched alkanes of at least 4 members (excludes halogenated alkanes) is 1. The van der Waals surface area contributed by atoms with E-state index in [1.807, 2.05) is 0 Å². The highest BCUT2D eigenvalue weighted by Gasteiger charge is 2.31. The third kappa shape index (κ3) is 4.80. The fraction of sp³-hybridized carbons (Fsp3) is 0.500. The fourth-order valence-electron chi connectivity index (χ4n) is 2.75. The minimum Gasteiger partial charge on any atom is -0.360 e. The SMILES string of the molecule is CCCCNc1nnc(Sc2ccc([N+](=O)[O-])cc2S(=O)(=O)N2CCCC2)s1. The standard InChI is InChI=1S/C16H21N5O4S3/c1-2-3-8-17-15-18-19-16(27-15)26-13-7-6-12(21(22)23)11-14(13)28(24,25)20-9-4-5-10-20/h6-7,11H,2-5,8-10H2,1H3,(H,17,18). The van der Waals surface area contributed by atoms with Crippen LogP contribution in [-0.4, -0.2) is 47.5 Å². The molecule has 1 aliphatic rings. The maximum Gasteiger partial charge on any atom is 0.270 e. The number of hydrogen-bond acceptors (Lipinski definition) is 9. The fourth-order valence-corrected chi connectivity index (χ4v) is 6.54. The summed E-state index contributed by atoms with van der Waals surface area (Å²) in [6, 6.07) is 3.92. The van der Waals surface area contributed by atoms with E-state index in [9.17, 15) is 18.5 Å². The molecule has 12 heteroatoms. The number of hydrogen-bond donors (Lipinski definition) is 1. The Labute approximate surface area is 171 Å². The van der Waals surface area contributed by atoms with Gasteiger partial charge in [-0.1, -0.05) is 36.4 Å². The zero-order valence-electron chi connectivity index (χ0n) is 15.3. The normalized spacial score (nSPS) is 15.0. The lowest BCUT2D eigenvalue weighted by atomic mass is 10.3. The van der Waals surface area contributed by atoms with Gasteiger partial charge in [-0.2, -0.15) is 4.31 Å². The van der Waals surface area contributed by atoms with Crippen LogP contribution in [0.15, 0.2) is 32.3 Å². The number of non-ortho nitro benzene ring substituents is 1. The summed E-state index contributed by atoms with van der Waals surface area (Å²) in [5.74, 6) is 0. The van der Waals surface area contributed by atoms with E-state index in [0.29, 0.717) is 27.5 Å². The van der Waals surface area contributed by atoms with Crippen molar-refractivity contribution in [1.82, 2.24) is 14.5 Å². The number of aromatic nitrogens is 2. The molecule has 0 amide bonds. The van der Waals surface area contributed by atoms with Crippen molar-refractivity contribution >= 4 is 43.9 Å². The Bertz CT molecular complexity index is 942. The molecule has 2 heterocycles. The van der Waals surface area contributed by atoms with Crippen molar-refractivity contribution in [2.24, 2.45) is 0 Å². The van der Waals surface area contributed by atoms with E-state index in [1.165, 1.54) is 27.8 Å². The van der Waals surface area contributed by atoms with E-state index in [2.05, 4.69) is 22.4 Å². The topological polar surface area (TPSA) is 118 Å². The molecule has 0 spiro atoms. The molecule has 1 N–H and O–H groups in total. The van der Waals surface area contributed by atoms with E-state index in [0.717, 1.165) is 50.1 Å². The Morgan fingerprint density at radius 3 is 2.75 bits per heavy atom. The van der Waals surface area contributed by atoms with Gasteiger partial charge in [0.25, 0.3) is 5.69 Å². The molecule has 2 aromatic rings. The molecule has 0 atom stereocenters. The lowest BCUT2D eigenvalue weighted by molar-refractivity contribution is -0.385. The van der Waals surface area contributed by atoms with E-state index in [1.54, 1.807) is 0 Å². The third-order valence-electron chi connectivity index (χ3n) is 4.23. The predicted molar refractivity (Wildman–Crippen MR) is 109 cm³/mol. The Balaban J connectivity index is 1.89. The van der Waals surface area contributed by atoms with Gasteiger partial charge in [0, 0.05) is 36.7 Å². The highest BCUT2D eigenvalue weighted by Crippen LogP contribution is 2.38. The minimum absolute atomic E-state index is 0.0516. The van der Waals surface area contributed by atoms with Crippen molar-refractivity contribution in [3.8, 4) is 0 Å². The summed E-state index contributed by atoms with van der Waals surface area (Å²) in [5, 5.41) is 23.2. The summed E-state index contributed by atoms with van der Waals surface area (Å²) in [6.07, 6.45) is 3.66. The van der Waals surface area contributed by atoms with Crippen molar-refractivity contribution in [2.45, 2.75) is 46.7 Å². The molecule has 1 aliphatic heterocycles. The molecular formula is C16H21N5O4S3. The Morgan fingerprint density at radius 1 is 1.32 bits per heavy atom. The maximum atomic E-state index is 13.0. The smallest absolute Gasteiger partial charge is 0.270 e. The van der Waals surface area contributed by atoms with Gasteiger partial charge in [0.1, 0.15) is 4.90 Å². The first-order valence-electron chi connectivity index (χ1n) is 8.95. The Kier molecular flexibility index (Phi) is 6.86. The van der Waals surface area contributed by atoms with Gasteiger partial charge in [0.15, 0.2) is 4.34 Å². The molecule has 0 aliphatic carbocycles. The van der Waals surface area contributed by atoms with Gasteiger partial charge in [0.05, 0.1) is 4.92 Å². The van der Waals surface area contributed by atoms with Gasteiger partial charge in [-0.25, -0.2) is 8.42 Å². The first-order chi connectivity index (χ1) is 13.4. The van der Waals surface area contributed by atoms with E-state index in [-0.39, 0.29) is 10.6 Å². The van der Waals surface area contributed by atoms with Gasteiger partial charge < -0.3 is 5.32 Å². The number of nitro groups is 1. The van der Waals surface area contributed by atoms with E-state index in [4.69, 9.17) is 0 Å². The highest BCUT2D eigenvalue weighted by molar-refractivity contribution is 8.01. The van der Waals surface area contributed by atoms with Crippen LogP contribution in [0.5, 0.6) is 0 Å². The maximum absolute atomic E-state index is 13.0. The summed E-state index contributed by atoms with van der Waals surface area (Å²) in [7, 11) is -3.81. The number of anilines is 1. The summed E-state index contributed by atoms with van der Waals surface area (Å²) < 4.78 is 28.0. The Hall–Kier alpha value is -1.76. The van der Waals surface area contributed by atoms with Gasteiger partial charge >= 0.3 is 0 Å². The van der Waals surface area contributed by atoms with E-state index >= 15 is 0 Å². The van der Waals surface area contributed by atoms with Crippen LogP contribution in [-0.2, 0) is 10.0 Å². The lowest BCUT2D eigenvalue weighted by Gasteiger charge is -2.17. The predicted octanol–water partition coefficient (Wildman–Crippen LogP) is 3.59. The molecule has 0 unspecified atom stereocenters. The van der Waals surface area contributed by atoms with Crippen LogP contribution in [0.4, 0.5) is 10.8 Å². The molecule has 28 heavy (non-hydrogen) atoms. The number of rotatable bonds is 9. The molecule has 9 nitrogen and oxygen atoms in total. The second-order valence-corrected chi connectivity index (χ2v) is 10.4. The van der Waals surface area contributed by atoms with Crippen molar-refractivity contribution in [2.75, 3.05) is 25.0 Å². The van der Waals surface area contributed by atoms with Crippen LogP contribution >= 0.6 is 23.1 Å². The zero-order chi connectivity index (χ0) is 20.1. The number of benzene rings is 1. The van der Waals surface area contributed by atoms with Crippen molar-refractivity contribution in [3.05, 3.63) is 28.3 Å². The lowest BCUT2D eigenvalue weighted by Crippen LogP contribution is -2.28. The summed E-state index contributed by atoms with van der Waals surface area (Å²) in [5.41, 5.74) is -0.249. The summed E-state index contributed by atoms with van der Waals surface area (Å²) in [6.45, 7) is 3.75. The zero-order valence-corrected chi connectivity index (χ0v) is 17.8. The van der Waals surface area contributed by atoms with Crippen LogP contribution < -0.4 is 5.32 Å². The average molecular weight is 444 g/mol. The number of nitro benzene ring substituents is 1. The van der Waals surface area contributed by atoms with Crippen LogP contribution in [0, 0.1) is 10.1 Å². The number of nitrogens with one attached hydrogen (secondary N) is 1. The summed E-state index contributed by atoms with van der Waals surface area (Å²) >= 11 is 2.48. The van der Waals surface area contributed by atoms with Gasteiger partial charge in [-0.05, 0) is 25.3 Å². The van der Waals surface area contributed by atoms with Crippen molar-refractivity contribution in [1.29, 1.82) is 0 Å². The number of sulfonamides is 1. The first kappa shape index (κ1) is 21.0. The molecule has 0 bridgehead atoms. The van der Waals surface area contributed by atoms with Crippen LogP contribution in [0.25, 0.3) is 0 Å². The van der Waals surface area contributed by atoms with E-state index < -0.39 is 14.9 Å². The number of nitrogens with zero attached hydrogens (tertiary/aromatic N) is 4. The molecule has 1 saturated heterocycles. The third-order valence-corrected chi connectivity index (χ3v) is 8.31. The van der Waals surface area contributed by atoms with Crippen LogP contribution in [0.2, 0.25) is 0 Å². The molecule has 1 aromatic carbocycles. The van der Waals surface area contributed by atoms with Gasteiger partial charge in [-0.15, -0.1) is 10.2 Å². The molecule has 1 aromatic heterocycles. The molecule has 152 valence electrons. The largest absolute Gasteiger partial charge is 0.360 e. The van der Waals surface area contributed by atoms with Crippen LogP contribution in [0.1, 0.15) is 32.6 Å². The monoisotopic (exact) mass is 443 g/mol. The van der Waals surface area contributed by atoms with Crippen LogP contribution in [0.3, 0.4) is 0 Å². The quantitative estimate of drug-likeness (QED) is 0.355. The second-order valence-electron chi connectivity index (χ2n) is 6.25. The minimum atomic E-state index is -3.81. The van der Waals surface area contributed by atoms with Crippen molar-refractivity contribution in [3.63, 3.8) is 0 Å². The molecule has 1 fully saturated rings. The first-order valence-corrected chi connectivity index (χ1v) is 12.0. The highest BCUT2D eigenvalue weighted by atomic mass is 32.2. The molecular weight excluding hydrogens is 422 g/mol. The Morgan fingerprint density at radius 2 is 2.07 bits per heavy atom. The molecule has 0 saturated carbocycles. The average Bonchev–Trinajstić information content (AvgIpc) is 3.34. The van der Waals surface area contributed by atoms with Crippen molar-refractivity contribution < 1.29 is 13.3 Å². The van der Waals surface area contributed by atoms with Gasteiger partial charge in [0.2, 0.25) is 15.2 Å². The molecule has 3 rings (SSSR count). The second kappa shape index (κ2) is 9.16. The van der Waals surface area contributed by atoms with Gasteiger partial charge in [-0.3, -0.25) is 10.1 Å².